The molecule has 0 aliphatic carbocycles. The topological polar surface area (TPSA) is 39.1 Å². The van der Waals surface area contributed by atoms with Crippen LogP contribution in [0.25, 0.3) is 0 Å². The van der Waals surface area contributed by atoms with Crippen molar-refractivity contribution in [1.82, 2.24) is 10.2 Å². The number of hydrogen-bond donors (Lipinski definition) is 1. The molecule has 1 aliphatic rings. The first-order chi connectivity index (χ1) is 9.19. The Hall–Kier alpha value is -1.44. The lowest BCUT2D eigenvalue weighted by Gasteiger charge is -2.27. The molecular formula is C15H20FN3. The first-order valence-corrected chi connectivity index (χ1v) is 6.77. The van der Waals surface area contributed by atoms with E-state index in [1.807, 2.05) is 6.07 Å². The van der Waals surface area contributed by atoms with Crippen molar-refractivity contribution in [3.63, 3.8) is 0 Å². The summed E-state index contributed by atoms with van der Waals surface area (Å²) in [4.78, 5) is 2.25. The molecule has 102 valence electrons. The second-order valence-electron chi connectivity index (χ2n) is 5.32. The Bertz CT molecular complexity index is 461. The van der Waals surface area contributed by atoms with Gasteiger partial charge in [-0.15, -0.1) is 0 Å². The lowest BCUT2D eigenvalue weighted by Crippen LogP contribution is -2.34. The van der Waals surface area contributed by atoms with Gasteiger partial charge in [0, 0.05) is 13.1 Å². The van der Waals surface area contributed by atoms with Gasteiger partial charge in [-0.1, -0.05) is 6.07 Å². The van der Waals surface area contributed by atoms with E-state index in [2.05, 4.69) is 17.3 Å². The lowest BCUT2D eigenvalue weighted by molar-refractivity contribution is 0.234. The summed E-state index contributed by atoms with van der Waals surface area (Å²) in [5, 5.41) is 12.2. The van der Waals surface area contributed by atoms with Gasteiger partial charge in [-0.05, 0) is 56.6 Å². The van der Waals surface area contributed by atoms with Crippen LogP contribution in [0.1, 0.15) is 24.0 Å². The van der Waals surface area contributed by atoms with Gasteiger partial charge in [-0.25, -0.2) is 4.39 Å². The van der Waals surface area contributed by atoms with E-state index in [1.165, 1.54) is 18.9 Å². The van der Waals surface area contributed by atoms with Crippen LogP contribution >= 0.6 is 0 Å². The highest BCUT2D eigenvalue weighted by Gasteiger charge is 2.15. The van der Waals surface area contributed by atoms with Crippen molar-refractivity contribution in [3.8, 4) is 6.07 Å². The standard InChI is InChI=1S/C15H20FN3/c1-19(10-12-4-6-18-7-5-12)11-13-2-3-15(16)14(8-13)9-17/h2-3,8,12,18H,4-7,10-11H2,1H3. The molecule has 0 radical (unpaired) electrons. The molecule has 19 heavy (non-hydrogen) atoms. The minimum atomic E-state index is -0.438. The van der Waals surface area contributed by atoms with Gasteiger partial charge < -0.3 is 10.2 Å². The van der Waals surface area contributed by atoms with Gasteiger partial charge in [-0.2, -0.15) is 5.26 Å². The first-order valence-electron chi connectivity index (χ1n) is 6.77. The fraction of sp³-hybridized carbons (Fsp3) is 0.533. The molecule has 1 N–H and O–H groups in total. The third kappa shape index (κ3) is 4.02. The summed E-state index contributed by atoms with van der Waals surface area (Å²) in [5.74, 6) is 0.300. The maximum Gasteiger partial charge on any atom is 0.140 e. The molecule has 1 aromatic carbocycles. The number of nitrogens with one attached hydrogen (secondary N) is 1. The Morgan fingerprint density at radius 1 is 1.42 bits per heavy atom. The van der Waals surface area contributed by atoms with Gasteiger partial charge in [0.15, 0.2) is 0 Å². The lowest BCUT2D eigenvalue weighted by atomic mass is 9.97. The van der Waals surface area contributed by atoms with E-state index in [9.17, 15) is 4.39 Å². The van der Waals surface area contributed by atoms with Crippen molar-refractivity contribution in [2.75, 3.05) is 26.7 Å². The highest BCUT2D eigenvalue weighted by atomic mass is 19.1. The third-order valence-electron chi connectivity index (χ3n) is 3.63. The van der Waals surface area contributed by atoms with Crippen LogP contribution in [0.5, 0.6) is 0 Å². The number of benzene rings is 1. The van der Waals surface area contributed by atoms with Crippen LogP contribution in [-0.4, -0.2) is 31.6 Å². The average Bonchev–Trinajstić information content (AvgIpc) is 2.42. The van der Waals surface area contributed by atoms with Crippen LogP contribution in [0.2, 0.25) is 0 Å². The van der Waals surface area contributed by atoms with Gasteiger partial charge in [0.1, 0.15) is 11.9 Å². The normalized spacial score (nSPS) is 16.5. The molecule has 1 fully saturated rings. The summed E-state index contributed by atoms with van der Waals surface area (Å²) >= 11 is 0. The van der Waals surface area contributed by atoms with Crippen molar-refractivity contribution >= 4 is 0 Å². The summed E-state index contributed by atoms with van der Waals surface area (Å²) in [6.07, 6.45) is 2.44. The van der Waals surface area contributed by atoms with E-state index < -0.39 is 5.82 Å². The summed E-state index contributed by atoms with van der Waals surface area (Å²) in [6.45, 7) is 4.03. The zero-order chi connectivity index (χ0) is 13.7. The van der Waals surface area contributed by atoms with Crippen molar-refractivity contribution in [1.29, 1.82) is 5.26 Å². The van der Waals surface area contributed by atoms with Crippen LogP contribution in [0.4, 0.5) is 4.39 Å². The Kier molecular flexibility index (Phi) is 4.89. The molecule has 0 amide bonds. The van der Waals surface area contributed by atoms with Crippen LogP contribution in [0.3, 0.4) is 0 Å². The quantitative estimate of drug-likeness (QED) is 0.902. The van der Waals surface area contributed by atoms with Gasteiger partial charge in [-0.3, -0.25) is 0 Å². The Balaban J connectivity index is 1.91. The molecule has 1 saturated heterocycles. The largest absolute Gasteiger partial charge is 0.317 e. The molecule has 1 aromatic rings. The molecule has 0 bridgehead atoms. The number of halogens is 1. The molecule has 0 atom stereocenters. The number of piperidine rings is 1. The van der Waals surface area contributed by atoms with E-state index in [1.54, 1.807) is 12.1 Å². The van der Waals surface area contributed by atoms with Crippen molar-refractivity contribution in [3.05, 3.63) is 35.1 Å². The van der Waals surface area contributed by atoms with Crippen molar-refractivity contribution in [2.45, 2.75) is 19.4 Å². The predicted molar refractivity (Wildman–Crippen MR) is 73.0 cm³/mol. The smallest absolute Gasteiger partial charge is 0.140 e. The molecule has 1 heterocycles. The molecule has 0 unspecified atom stereocenters. The number of hydrogen-bond acceptors (Lipinski definition) is 3. The average molecular weight is 261 g/mol. The zero-order valence-electron chi connectivity index (χ0n) is 11.3. The Morgan fingerprint density at radius 3 is 2.84 bits per heavy atom. The monoisotopic (exact) mass is 261 g/mol. The van der Waals surface area contributed by atoms with Crippen LogP contribution in [-0.2, 0) is 6.54 Å². The third-order valence-corrected chi connectivity index (χ3v) is 3.63. The SMILES string of the molecule is CN(Cc1ccc(F)c(C#N)c1)CC1CCNCC1. The Labute approximate surface area is 114 Å². The van der Waals surface area contributed by atoms with Crippen LogP contribution in [0.15, 0.2) is 18.2 Å². The highest BCUT2D eigenvalue weighted by Crippen LogP contribution is 2.15. The van der Waals surface area contributed by atoms with Crippen molar-refractivity contribution in [2.24, 2.45) is 5.92 Å². The van der Waals surface area contributed by atoms with E-state index in [-0.39, 0.29) is 5.56 Å². The van der Waals surface area contributed by atoms with E-state index in [4.69, 9.17) is 5.26 Å². The number of rotatable bonds is 4. The fourth-order valence-corrected chi connectivity index (χ4v) is 2.64. The number of nitriles is 1. The van der Waals surface area contributed by atoms with Gasteiger partial charge >= 0.3 is 0 Å². The maximum absolute atomic E-state index is 13.2. The van der Waals surface area contributed by atoms with Gasteiger partial charge in [0.25, 0.3) is 0 Å². The maximum atomic E-state index is 13.2. The second kappa shape index (κ2) is 6.65. The molecule has 3 nitrogen and oxygen atoms in total. The van der Waals surface area contributed by atoms with E-state index in [0.717, 1.165) is 37.7 Å². The molecule has 0 aromatic heterocycles. The van der Waals surface area contributed by atoms with E-state index in [0.29, 0.717) is 0 Å². The van der Waals surface area contributed by atoms with Crippen LogP contribution in [0, 0.1) is 23.1 Å². The van der Waals surface area contributed by atoms with Gasteiger partial charge in [0.05, 0.1) is 5.56 Å². The fourth-order valence-electron chi connectivity index (χ4n) is 2.64. The predicted octanol–water partition coefficient (Wildman–Crippen LogP) is 2.13. The first kappa shape index (κ1) is 14.0. The molecule has 4 heteroatoms. The molecular weight excluding hydrogens is 241 g/mol. The van der Waals surface area contributed by atoms with Crippen LogP contribution < -0.4 is 5.32 Å². The summed E-state index contributed by atoms with van der Waals surface area (Å²) in [6, 6.07) is 6.68. The van der Waals surface area contributed by atoms with Gasteiger partial charge in [0.2, 0.25) is 0 Å². The molecule has 0 saturated carbocycles. The highest BCUT2D eigenvalue weighted by molar-refractivity contribution is 5.34. The minimum Gasteiger partial charge on any atom is -0.317 e. The Morgan fingerprint density at radius 2 is 2.16 bits per heavy atom. The number of nitrogens with zero attached hydrogens (tertiary/aromatic N) is 2. The summed E-state index contributed by atoms with van der Waals surface area (Å²) in [5.41, 5.74) is 1.13. The van der Waals surface area contributed by atoms with Crippen molar-refractivity contribution < 1.29 is 4.39 Å². The minimum absolute atomic E-state index is 0.132. The molecule has 2 rings (SSSR count). The zero-order valence-corrected chi connectivity index (χ0v) is 11.3. The molecule has 1 aliphatic heterocycles. The molecule has 0 spiro atoms. The van der Waals surface area contributed by atoms with E-state index >= 15 is 0 Å². The summed E-state index contributed by atoms with van der Waals surface area (Å²) < 4.78 is 13.2. The summed E-state index contributed by atoms with van der Waals surface area (Å²) in [7, 11) is 2.08. The second-order valence-corrected chi connectivity index (χ2v) is 5.32.